The number of unbranched alkanes of at least 4 members (excludes halogenated alkanes) is 1. The van der Waals surface area contributed by atoms with E-state index >= 15 is 0 Å². The van der Waals surface area contributed by atoms with Gasteiger partial charge in [0.15, 0.2) is 0 Å². The Labute approximate surface area is 146 Å². The minimum Gasteiger partial charge on any atom is -0.406 e. The zero-order valence-electron chi connectivity index (χ0n) is 13.7. The van der Waals surface area contributed by atoms with Crippen LogP contribution in [0.1, 0.15) is 19.8 Å². The molecule has 0 bridgehead atoms. The van der Waals surface area contributed by atoms with Gasteiger partial charge in [-0.25, -0.2) is 9.97 Å². The minimum atomic E-state index is -4.79. The predicted molar refractivity (Wildman–Crippen MR) is 88.5 cm³/mol. The smallest absolute Gasteiger partial charge is 0.406 e. The largest absolute Gasteiger partial charge is 0.573 e. The Balaban J connectivity index is 2.20. The number of aromatic nitrogens is 2. The molecule has 1 aromatic heterocycles. The van der Waals surface area contributed by atoms with Crippen molar-refractivity contribution in [2.45, 2.75) is 26.1 Å². The van der Waals surface area contributed by atoms with E-state index in [-0.39, 0.29) is 17.3 Å². The molecule has 26 heavy (non-hydrogen) atoms. The zero-order chi connectivity index (χ0) is 19.2. The van der Waals surface area contributed by atoms with Crippen molar-refractivity contribution in [2.75, 3.05) is 17.2 Å². The Bertz CT molecular complexity index is 753. The number of halogens is 3. The summed E-state index contributed by atoms with van der Waals surface area (Å²) in [6, 6.07) is 4.75. The van der Waals surface area contributed by atoms with Gasteiger partial charge < -0.3 is 15.4 Å². The SMILES string of the molecule is CCCCNc1ncnc(Nc2ccc(OC(F)(F)F)cc2)c1[N+](=O)[O-]. The molecule has 8 nitrogen and oxygen atoms in total. The van der Waals surface area contributed by atoms with Gasteiger partial charge in [0.25, 0.3) is 0 Å². The fourth-order valence-electron chi connectivity index (χ4n) is 2.03. The lowest BCUT2D eigenvalue weighted by molar-refractivity contribution is -0.383. The first-order valence-corrected chi connectivity index (χ1v) is 7.66. The van der Waals surface area contributed by atoms with Crippen LogP contribution >= 0.6 is 0 Å². The number of hydrogen-bond acceptors (Lipinski definition) is 7. The molecule has 0 spiro atoms. The van der Waals surface area contributed by atoms with E-state index in [0.29, 0.717) is 12.2 Å². The molecule has 140 valence electrons. The molecule has 0 saturated heterocycles. The summed E-state index contributed by atoms with van der Waals surface area (Å²) in [4.78, 5) is 18.5. The molecule has 11 heteroatoms. The Kier molecular flexibility index (Phi) is 6.15. The molecular formula is C15H16F3N5O3. The molecule has 0 aliphatic carbocycles. The number of hydrogen-bond donors (Lipinski definition) is 2. The van der Waals surface area contributed by atoms with E-state index in [1.165, 1.54) is 12.1 Å². The number of benzene rings is 1. The number of nitro groups is 1. The van der Waals surface area contributed by atoms with Crippen molar-refractivity contribution in [3.05, 3.63) is 40.7 Å². The fraction of sp³-hybridized carbons (Fsp3) is 0.333. The van der Waals surface area contributed by atoms with Gasteiger partial charge in [0.2, 0.25) is 11.6 Å². The third kappa shape index (κ3) is 5.46. The third-order valence-corrected chi connectivity index (χ3v) is 3.18. The van der Waals surface area contributed by atoms with Crippen LogP contribution in [0.3, 0.4) is 0 Å². The molecule has 0 unspecified atom stereocenters. The molecule has 2 rings (SSSR count). The molecule has 0 saturated carbocycles. The number of nitrogens with zero attached hydrogens (tertiary/aromatic N) is 3. The monoisotopic (exact) mass is 371 g/mol. The maximum atomic E-state index is 12.2. The first kappa shape index (κ1) is 19.2. The van der Waals surface area contributed by atoms with Gasteiger partial charge in [0, 0.05) is 12.2 Å². The summed E-state index contributed by atoms with van der Waals surface area (Å²) in [5.74, 6) is -0.409. The van der Waals surface area contributed by atoms with Gasteiger partial charge >= 0.3 is 12.0 Å². The van der Waals surface area contributed by atoms with Crippen molar-refractivity contribution in [1.29, 1.82) is 0 Å². The van der Waals surface area contributed by atoms with Gasteiger partial charge in [0.05, 0.1) is 4.92 Å². The van der Waals surface area contributed by atoms with Crippen molar-refractivity contribution < 1.29 is 22.8 Å². The highest BCUT2D eigenvalue weighted by Crippen LogP contribution is 2.32. The number of alkyl halides is 3. The molecule has 1 heterocycles. The lowest BCUT2D eigenvalue weighted by Gasteiger charge is -2.11. The first-order valence-electron chi connectivity index (χ1n) is 7.66. The first-order chi connectivity index (χ1) is 12.3. The summed E-state index contributed by atoms with van der Waals surface area (Å²) in [6.45, 7) is 2.49. The summed E-state index contributed by atoms with van der Waals surface area (Å²) in [7, 11) is 0. The molecule has 0 atom stereocenters. The molecule has 0 fully saturated rings. The number of rotatable bonds is 8. The van der Waals surface area contributed by atoms with E-state index in [0.717, 1.165) is 31.3 Å². The molecular weight excluding hydrogens is 355 g/mol. The standard InChI is InChI=1S/C15H16F3N5O3/c1-2-3-8-19-13-12(23(24)25)14(21-9-20-13)22-10-4-6-11(7-5-10)26-15(16,17)18/h4-7,9H,2-3,8H2,1H3,(H2,19,20,21,22). The van der Waals surface area contributed by atoms with Crippen LogP contribution in [0.15, 0.2) is 30.6 Å². The van der Waals surface area contributed by atoms with Crippen LogP contribution in [0.2, 0.25) is 0 Å². The average Bonchev–Trinajstić information content (AvgIpc) is 2.55. The predicted octanol–water partition coefficient (Wildman–Crippen LogP) is 4.24. The highest BCUT2D eigenvalue weighted by molar-refractivity contribution is 5.73. The van der Waals surface area contributed by atoms with Gasteiger partial charge in [-0.3, -0.25) is 10.1 Å². The highest BCUT2D eigenvalue weighted by Gasteiger charge is 2.31. The molecule has 0 amide bonds. The van der Waals surface area contributed by atoms with Gasteiger partial charge in [-0.15, -0.1) is 13.2 Å². The van der Waals surface area contributed by atoms with E-state index in [9.17, 15) is 23.3 Å². The van der Waals surface area contributed by atoms with E-state index < -0.39 is 17.0 Å². The van der Waals surface area contributed by atoms with Crippen LogP contribution in [-0.2, 0) is 0 Å². The number of anilines is 3. The zero-order valence-corrected chi connectivity index (χ0v) is 13.7. The van der Waals surface area contributed by atoms with E-state index in [2.05, 4.69) is 25.3 Å². The second-order valence-corrected chi connectivity index (χ2v) is 5.15. The van der Waals surface area contributed by atoms with Crippen LogP contribution in [0, 0.1) is 10.1 Å². The van der Waals surface area contributed by atoms with Crippen molar-refractivity contribution in [1.82, 2.24) is 9.97 Å². The van der Waals surface area contributed by atoms with Crippen LogP contribution in [0.4, 0.5) is 36.2 Å². The van der Waals surface area contributed by atoms with Crippen LogP contribution < -0.4 is 15.4 Å². The Morgan fingerprint density at radius 3 is 2.42 bits per heavy atom. The molecule has 2 N–H and O–H groups in total. The lowest BCUT2D eigenvalue weighted by Crippen LogP contribution is -2.17. The Morgan fingerprint density at radius 1 is 1.19 bits per heavy atom. The van der Waals surface area contributed by atoms with Gasteiger partial charge in [-0.05, 0) is 30.7 Å². The van der Waals surface area contributed by atoms with Crippen molar-refractivity contribution in [2.24, 2.45) is 0 Å². The third-order valence-electron chi connectivity index (χ3n) is 3.18. The molecule has 0 aliphatic heterocycles. The van der Waals surface area contributed by atoms with Crippen molar-refractivity contribution >= 4 is 23.0 Å². The minimum absolute atomic E-state index is 0.0676. The van der Waals surface area contributed by atoms with Gasteiger partial charge in [-0.1, -0.05) is 13.3 Å². The second kappa shape index (κ2) is 8.32. The van der Waals surface area contributed by atoms with E-state index in [1.54, 1.807) is 0 Å². The molecule has 2 aromatic rings. The van der Waals surface area contributed by atoms with Gasteiger partial charge in [0.1, 0.15) is 12.1 Å². The fourth-order valence-corrected chi connectivity index (χ4v) is 2.03. The summed E-state index contributed by atoms with van der Waals surface area (Å²) < 4.78 is 40.3. The average molecular weight is 371 g/mol. The lowest BCUT2D eigenvalue weighted by atomic mass is 10.3. The van der Waals surface area contributed by atoms with Crippen LogP contribution in [0.25, 0.3) is 0 Å². The quantitative estimate of drug-likeness (QED) is 0.406. The summed E-state index contributed by atoms with van der Waals surface area (Å²) in [5.41, 5.74) is -0.0416. The Morgan fingerprint density at radius 2 is 1.85 bits per heavy atom. The normalized spacial score (nSPS) is 11.1. The number of ether oxygens (including phenoxy) is 1. The molecule has 0 radical (unpaired) electrons. The van der Waals surface area contributed by atoms with Crippen molar-refractivity contribution in [3.63, 3.8) is 0 Å². The summed E-state index contributed by atoms with van der Waals surface area (Å²) in [6.07, 6.45) is -1.92. The maximum absolute atomic E-state index is 12.2. The molecule has 1 aromatic carbocycles. The topological polar surface area (TPSA) is 102 Å². The summed E-state index contributed by atoms with van der Waals surface area (Å²) >= 11 is 0. The van der Waals surface area contributed by atoms with Gasteiger partial charge in [-0.2, -0.15) is 0 Å². The summed E-state index contributed by atoms with van der Waals surface area (Å²) in [5, 5.41) is 17.0. The number of nitrogens with one attached hydrogen (secondary N) is 2. The highest BCUT2D eigenvalue weighted by atomic mass is 19.4. The maximum Gasteiger partial charge on any atom is 0.573 e. The second-order valence-electron chi connectivity index (χ2n) is 5.15. The van der Waals surface area contributed by atoms with Crippen LogP contribution in [-0.4, -0.2) is 27.8 Å². The van der Waals surface area contributed by atoms with Crippen molar-refractivity contribution in [3.8, 4) is 5.75 Å². The Hall–Kier alpha value is -3.11. The van der Waals surface area contributed by atoms with Crippen LogP contribution in [0.5, 0.6) is 5.75 Å². The van der Waals surface area contributed by atoms with E-state index in [4.69, 9.17) is 0 Å². The van der Waals surface area contributed by atoms with E-state index in [1.807, 2.05) is 6.92 Å². The molecule has 0 aliphatic rings.